The van der Waals surface area contributed by atoms with E-state index in [9.17, 15) is 22.8 Å². The molecule has 1 aliphatic carbocycles. The Morgan fingerprint density at radius 1 is 1.27 bits per heavy atom. The van der Waals surface area contributed by atoms with Gasteiger partial charge >= 0.3 is 6.18 Å². The van der Waals surface area contributed by atoms with Crippen molar-refractivity contribution in [1.82, 2.24) is 10.2 Å². The zero-order valence-electron chi connectivity index (χ0n) is 12.5. The number of halogens is 3. The van der Waals surface area contributed by atoms with Crippen LogP contribution in [0, 0.1) is 5.92 Å². The van der Waals surface area contributed by atoms with Crippen LogP contribution in [0.25, 0.3) is 0 Å². The number of carbonyl (C=O) groups excluding carboxylic acids is 2. The van der Waals surface area contributed by atoms with Gasteiger partial charge in [0.15, 0.2) is 0 Å². The number of thioether (sulfide) groups is 1. The van der Waals surface area contributed by atoms with Crippen LogP contribution in [-0.4, -0.2) is 46.6 Å². The minimum Gasteiger partial charge on any atom is -0.351 e. The minimum absolute atomic E-state index is 0.0610. The fourth-order valence-electron chi connectivity index (χ4n) is 3.08. The van der Waals surface area contributed by atoms with Crippen LogP contribution in [0.5, 0.6) is 0 Å². The molecule has 1 N–H and O–H groups in total. The van der Waals surface area contributed by atoms with Gasteiger partial charge in [-0.05, 0) is 12.8 Å². The fourth-order valence-corrected chi connectivity index (χ4v) is 4.26. The smallest absolute Gasteiger partial charge is 0.351 e. The van der Waals surface area contributed by atoms with Crippen molar-refractivity contribution in [1.29, 1.82) is 0 Å². The number of alkyl halides is 3. The highest BCUT2D eigenvalue weighted by Crippen LogP contribution is 2.38. The Morgan fingerprint density at radius 2 is 1.95 bits per heavy atom. The van der Waals surface area contributed by atoms with Gasteiger partial charge in [-0.25, -0.2) is 0 Å². The molecule has 1 saturated heterocycles. The van der Waals surface area contributed by atoms with E-state index in [4.69, 9.17) is 0 Å². The van der Waals surface area contributed by atoms with Crippen molar-refractivity contribution in [3.63, 3.8) is 0 Å². The minimum atomic E-state index is -4.29. The number of nitrogens with zero attached hydrogens (tertiary/aromatic N) is 1. The zero-order valence-corrected chi connectivity index (χ0v) is 13.3. The van der Waals surface area contributed by atoms with Gasteiger partial charge in [-0.3, -0.25) is 9.59 Å². The van der Waals surface area contributed by atoms with E-state index < -0.39 is 30.1 Å². The highest BCUT2D eigenvalue weighted by atomic mass is 32.2. The Balaban J connectivity index is 2.02. The Hall–Kier alpha value is -0.920. The van der Waals surface area contributed by atoms with Gasteiger partial charge in [0.1, 0.15) is 6.04 Å². The number of nitrogens with one attached hydrogen (secondary N) is 1. The summed E-state index contributed by atoms with van der Waals surface area (Å²) in [6, 6.07) is -1.52. The van der Waals surface area contributed by atoms with Crippen molar-refractivity contribution in [3.05, 3.63) is 0 Å². The summed E-state index contributed by atoms with van der Waals surface area (Å²) >= 11 is 1.45. The second kappa shape index (κ2) is 7.10. The van der Waals surface area contributed by atoms with E-state index in [1.807, 2.05) is 0 Å². The maximum Gasteiger partial charge on any atom is 0.393 e. The predicted octanol–water partition coefficient (Wildman–Crippen LogP) is 2.54. The fraction of sp³-hybridized carbons (Fsp3) is 0.857. The first kappa shape index (κ1) is 17.4. The average Bonchev–Trinajstić information content (AvgIpc) is 2.95. The van der Waals surface area contributed by atoms with Crippen molar-refractivity contribution >= 4 is 23.6 Å². The summed E-state index contributed by atoms with van der Waals surface area (Å²) in [5.41, 5.74) is 0. The van der Waals surface area contributed by atoms with Gasteiger partial charge in [0.05, 0.1) is 11.8 Å². The van der Waals surface area contributed by atoms with E-state index in [2.05, 4.69) is 5.32 Å². The van der Waals surface area contributed by atoms with Crippen molar-refractivity contribution in [3.8, 4) is 0 Å². The topological polar surface area (TPSA) is 49.4 Å². The molecular formula is C14H21F3N2O2S. The molecule has 0 bridgehead atoms. The largest absolute Gasteiger partial charge is 0.393 e. The van der Waals surface area contributed by atoms with E-state index in [1.165, 1.54) is 16.7 Å². The van der Waals surface area contributed by atoms with E-state index in [-0.39, 0.29) is 12.3 Å². The van der Waals surface area contributed by atoms with Crippen molar-refractivity contribution < 1.29 is 22.8 Å². The molecule has 0 aromatic carbocycles. The number of amides is 2. The molecule has 1 heterocycles. The van der Waals surface area contributed by atoms with Gasteiger partial charge < -0.3 is 10.2 Å². The second-order valence-corrected chi connectivity index (χ2v) is 6.78. The van der Waals surface area contributed by atoms with Crippen molar-refractivity contribution in [2.45, 2.75) is 57.3 Å². The summed E-state index contributed by atoms with van der Waals surface area (Å²) in [6.45, 7) is 1.71. The van der Waals surface area contributed by atoms with E-state index >= 15 is 0 Å². The van der Waals surface area contributed by atoms with Crippen LogP contribution in [0.2, 0.25) is 0 Å². The Morgan fingerprint density at radius 3 is 2.59 bits per heavy atom. The SMILES string of the molecule is CCC(=O)N1CSCC1C(=O)NC1CCCCC1C(F)(F)F. The molecule has 0 aromatic heterocycles. The molecule has 3 atom stereocenters. The normalized spacial score (nSPS) is 29.5. The Kier molecular flexibility index (Phi) is 5.63. The summed E-state index contributed by atoms with van der Waals surface area (Å²) in [4.78, 5) is 25.6. The zero-order chi connectivity index (χ0) is 16.3. The molecule has 1 aliphatic heterocycles. The number of carbonyl (C=O) groups is 2. The lowest BCUT2D eigenvalue weighted by Gasteiger charge is -2.34. The van der Waals surface area contributed by atoms with Crippen LogP contribution in [0.15, 0.2) is 0 Å². The number of rotatable bonds is 3. The molecular weight excluding hydrogens is 317 g/mol. The quantitative estimate of drug-likeness (QED) is 0.860. The predicted molar refractivity (Wildman–Crippen MR) is 78.2 cm³/mol. The monoisotopic (exact) mass is 338 g/mol. The van der Waals surface area contributed by atoms with Gasteiger partial charge in [-0.1, -0.05) is 19.8 Å². The molecule has 2 amide bonds. The molecule has 2 rings (SSSR count). The summed E-state index contributed by atoms with van der Waals surface area (Å²) in [5.74, 6) is -1.19. The van der Waals surface area contributed by atoms with Crippen LogP contribution < -0.4 is 5.32 Å². The summed E-state index contributed by atoms with van der Waals surface area (Å²) in [7, 11) is 0. The lowest BCUT2D eigenvalue weighted by atomic mass is 9.84. The van der Waals surface area contributed by atoms with Gasteiger partial charge in [0, 0.05) is 18.2 Å². The molecule has 0 spiro atoms. The highest BCUT2D eigenvalue weighted by molar-refractivity contribution is 7.99. The lowest BCUT2D eigenvalue weighted by molar-refractivity contribution is -0.189. The summed E-state index contributed by atoms with van der Waals surface area (Å²) in [6.07, 6.45) is -2.37. The summed E-state index contributed by atoms with van der Waals surface area (Å²) in [5, 5.41) is 2.56. The maximum absolute atomic E-state index is 13.1. The third kappa shape index (κ3) is 3.88. The number of hydrogen-bond acceptors (Lipinski definition) is 3. The first-order valence-corrected chi connectivity index (χ1v) is 8.74. The molecule has 3 unspecified atom stereocenters. The van der Waals surface area contributed by atoms with Crippen LogP contribution in [0.4, 0.5) is 13.2 Å². The third-order valence-corrected chi connectivity index (χ3v) is 5.33. The second-order valence-electron chi connectivity index (χ2n) is 5.78. The molecule has 2 aliphatic rings. The molecule has 4 nitrogen and oxygen atoms in total. The van der Waals surface area contributed by atoms with E-state index in [1.54, 1.807) is 6.92 Å². The Bertz CT molecular complexity index is 431. The molecule has 0 radical (unpaired) electrons. The van der Waals surface area contributed by atoms with Gasteiger partial charge in [-0.15, -0.1) is 11.8 Å². The molecule has 0 aromatic rings. The van der Waals surface area contributed by atoms with Crippen LogP contribution in [0.3, 0.4) is 0 Å². The molecule has 1 saturated carbocycles. The third-order valence-electron chi connectivity index (χ3n) is 4.32. The molecule has 22 heavy (non-hydrogen) atoms. The van der Waals surface area contributed by atoms with Crippen LogP contribution in [-0.2, 0) is 9.59 Å². The van der Waals surface area contributed by atoms with Crippen LogP contribution >= 0.6 is 11.8 Å². The average molecular weight is 338 g/mol. The van der Waals surface area contributed by atoms with Gasteiger partial charge in [0.25, 0.3) is 0 Å². The standard InChI is InChI=1S/C14H21F3N2O2S/c1-2-12(20)19-8-22-7-11(19)13(21)18-10-6-4-3-5-9(10)14(15,16)17/h9-11H,2-8H2,1H3,(H,18,21). The van der Waals surface area contributed by atoms with Gasteiger partial charge in [0.2, 0.25) is 11.8 Å². The molecule has 126 valence electrons. The maximum atomic E-state index is 13.1. The van der Waals surface area contributed by atoms with E-state index in [0.29, 0.717) is 37.3 Å². The van der Waals surface area contributed by atoms with Crippen LogP contribution in [0.1, 0.15) is 39.0 Å². The van der Waals surface area contributed by atoms with Crippen molar-refractivity contribution in [2.24, 2.45) is 5.92 Å². The number of hydrogen-bond donors (Lipinski definition) is 1. The molecule has 8 heteroatoms. The van der Waals surface area contributed by atoms with E-state index in [0.717, 1.165) is 0 Å². The van der Waals surface area contributed by atoms with Crippen molar-refractivity contribution in [2.75, 3.05) is 11.6 Å². The lowest BCUT2D eigenvalue weighted by Crippen LogP contribution is -2.54. The molecule has 2 fully saturated rings. The summed E-state index contributed by atoms with van der Waals surface area (Å²) < 4.78 is 39.2. The first-order valence-electron chi connectivity index (χ1n) is 7.59. The Labute approximate surface area is 132 Å². The van der Waals surface area contributed by atoms with Gasteiger partial charge in [-0.2, -0.15) is 13.2 Å². The first-order chi connectivity index (χ1) is 10.3. The highest BCUT2D eigenvalue weighted by Gasteiger charge is 2.47.